The van der Waals surface area contributed by atoms with Crippen LogP contribution in [0.2, 0.25) is 15.2 Å². The molecule has 22 heavy (non-hydrogen) atoms. The van der Waals surface area contributed by atoms with Crippen LogP contribution in [0.4, 0.5) is 0 Å². The highest BCUT2D eigenvalue weighted by Gasteiger charge is 2.16. The number of halogens is 3. The molecule has 0 spiro atoms. The van der Waals surface area contributed by atoms with Crippen molar-refractivity contribution in [3.63, 3.8) is 0 Å². The van der Waals surface area contributed by atoms with E-state index >= 15 is 0 Å². The van der Waals surface area contributed by atoms with Crippen LogP contribution in [0.25, 0.3) is 10.9 Å². The van der Waals surface area contributed by atoms with Crippen molar-refractivity contribution in [2.24, 2.45) is 0 Å². The fourth-order valence-electron chi connectivity index (χ4n) is 2.55. The Morgan fingerprint density at radius 3 is 2.55 bits per heavy atom. The minimum atomic E-state index is 0.418. The quantitative estimate of drug-likeness (QED) is 0.548. The number of fused-ring (bicyclic) bond motifs is 1. The van der Waals surface area contributed by atoms with Crippen LogP contribution in [0.3, 0.4) is 0 Å². The maximum absolute atomic E-state index is 11.4. The molecule has 2 nitrogen and oxygen atoms in total. The average Bonchev–Trinajstić information content (AvgIpc) is 2.73. The Labute approximate surface area is 143 Å². The van der Waals surface area contributed by atoms with E-state index < -0.39 is 0 Å². The Bertz CT molecular complexity index is 883. The van der Waals surface area contributed by atoms with Crippen LogP contribution in [-0.4, -0.2) is 10.9 Å². The van der Waals surface area contributed by atoms with E-state index in [0.29, 0.717) is 27.3 Å². The van der Waals surface area contributed by atoms with Gasteiger partial charge in [0.15, 0.2) is 6.29 Å². The lowest BCUT2D eigenvalue weighted by Gasteiger charge is -2.09. The molecule has 2 aromatic carbocycles. The molecular formula is C17H12Cl3NO. The number of hydrogen-bond acceptors (Lipinski definition) is 1. The first-order valence-electron chi connectivity index (χ1n) is 6.68. The standard InChI is InChI=1S/C17H12Cl3NO/c1-10-2-5-16-13(6-10)14(9-22)17(20)21(16)8-11-3-4-12(18)7-15(11)19/h2-7,9H,8H2,1H3. The van der Waals surface area contributed by atoms with E-state index in [0.717, 1.165) is 28.3 Å². The summed E-state index contributed by atoms with van der Waals surface area (Å²) in [6.07, 6.45) is 0.796. The van der Waals surface area contributed by atoms with Gasteiger partial charge < -0.3 is 4.57 Å². The molecule has 0 atom stereocenters. The zero-order valence-corrected chi connectivity index (χ0v) is 14.0. The second kappa shape index (κ2) is 5.96. The minimum absolute atomic E-state index is 0.418. The first-order valence-corrected chi connectivity index (χ1v) is 7.82. The smallest absolute Gasteiger partial charge is 0.153 e. The summed E-state index contributed by atoms with van der Waals surface area (Å²) in [5.74, 6) is 0. The number of aldehydes is 1. The van der Waals surface area contributed by atoms with Gasteiger partial charge in [0.1, 0.15) is 5.15 Å². The maximum Gasteiger partial charge on any atom is 0.153 e. The first-order chi connectivity index (χ1) is 10.5. The van der Waals surface area contributed by atoms with Gasteiger partial charge in [-0.3, -0.25) is 4.79 Å². The molecule has 0 N–H and O–H groups in total. The summed E-state index contributed by atoms with van der Waals surface area (Å²) in [7, 11) is 0. The normalized spacial score (nSPS) is 11.1. The maximum atomic E-state index is 11.4. The van der Waals surface area contributed by atoms with Gasteiger partial charge in [0.2, 0.25) is 0 Å². The highest BCUT2D eigenvalue weighted by atomic mass is 35.5. The monoisotopic (exact) mass is 351 g/mol. The van der Waals surface area contributed by atoms with Crippen molar-refractivity contribution in [1.82, 2.24) is 4.57 Å². The Hall–Kier alpha value is -1.48. The predicted molar refractivity (Wildman–Crippen MR) is 92.6 cm³/mol. The lowest BCUT2D eigenvalue weighted by molar-refractivity contribution is 0.112. The molecule has 0 aliphatic rings. The summed E-state index contributed by atoms with van der Waals surface area (Å²) >= 11 is 18.6. The van der Waals surface area contributed by atoms with E-state index in [2.05, 4.69) is 0 Å². The third kappa shape index (κ3) is 2.63. The van der Waals surface area contributed by atoms with E-state index in [1.54, 1.807) is 12.1 Å². The Balaban J connectivity index is 2.18. The molecule has 0 saturated carbocycles. The molecule has 0 aliphatic carbocycles. The van der Waals surface area contributed by atoms with Gasteiger partial charge in [-0.1, -0.05) is 52.5 Å². The van der Waals surface area contributed by atoms with E-state index in [1.807, 2.05) is 35.8 Å². The molecule has 0 fully saturated rings. The first kappa shape index (κ1) is 15.4. The van der Waals surface area contributed by atoms with Gasteiger partial charge in [-0.25, -0.2) is 0 Å². The van der Waals surface area contributed by atoms with Crippen LogP contribution < -0.4 is 0 Å². The van der Waals surface area contributed by atoms with Crippen molar-refractivity contribution in [3.8, 4) is 0 Å². The number of nitrogens with zero attached hydrogens (tertiary/aromatic N) is 1. The van der Waals surface area contributed by atoms with Crippen molar-refractivity contribution >= 4 is 52.0 Å². The third-order valence-electron chi connectivity index (χ3n) is 3.65. The highest BCUT2D eigenvalue weighted by Crippen LogP contribution is 2.32. The van der Waals surface area contributed by atoms with Crippen LogP contribution in [0.15, 0.2) is 36.4 Å². The van der Waals surface area contributed by atoms with Crippen LogP contribution in [-0.2, 0) is 6.54 Å². The molecular weight excluding hydrogens is 341 g/mol. The Kier molecular flexibility index (Phi) is 4.18. The van der Waals surface area contributed by atoms with E-state index in [9.17, 15) is 4.79 Å². The number of rotatable bonds is 3. The van der Waals surface area contributed by atoms with Crippen molar-refractivity contribution in [3.05, 3.63) is 68.3 Å². The molecule has 0 radical (unpaired) electrons. The largest absolute Gasteiger partial charge is 0.326 e. The second-order valence-electron chi connectivity index (χ2n) is 5.16. The summed E-state index contributed by atoms with van der Waals surface area (Å²) in [5, 5.41) is 2.43. The van der Waals surface area contributed by atoms with Gasteiger partial charge in [-0.15, -0.1) is 0 Å². The van der Waals surface area contributed by atoms with Gasteiger partial charge in [-0.2, -0.15) is 0 Å². The molecule has 5 heteroatoms. The molecule has 112 valence electrons. The molecule has 1 heterocycles. The lowest BCUT2D eigenvalue weighted by Crippen LogP contribution is -2.00. The van der Waals surface area contributed by atoms with Crippen LogP contribution >= 0.6 is 34.8 Å². The van der Waals surface area contributed by atoms with Crippen molar-refractivity contribution in [1.29, 1.82) is 0 Å². The zero-order valence-electron chi connectivity index (χ0n) is 11.7. The SMILES string of the molecule is Cc1ccc2c(c1)c(C=O)c(Cl)n2Cc1ccc(Cl)cc1Cl. The van der Waals surface area contributed by atoms with E-state index in [4.69, 9.17) is 34.8 Å². The molecule has 0 bridgehead atoms. The molecule has 0 saturated heterocycles. The molecule has 3 aromatic rings. The van der Waals surface area contributed by atoms with Gasteiger partial charge in [0.25, 0.3) is 0 Å². The molecule has 0 unspecified atom stereocenters. The number of hydrogen-bond donors (Lipinski definition) is 0. The topological polar surface area (TPSA) is 22.0 Å². The molecule has 0 amide bonds. The Morgan fingerprint density at radius 1 is 1.09 bits per heavy atom. The van der Waals surface area contributed by atoms with Crippen molar-refractivity contribution in [2.45, 2.75) is 13.5 Å². The summed E-state index contributed by atoms with van der Waals surface area (Å²) < 4.78 is 1.88. The van der Waals surface area contributed by atoms with Gasteiger partial charge in [0, 0.05) is 15.4 Å². The van der Waals surface area contributed by atoms with E-state index in [1.165, 1.54) is 0 Å². The Morgan fingerprint density at radius 2 is 1.86 bits per heavy atom. The zero-order chi connectivity index (χ0) is 15.9. The van der Waals surface area contributed by atoms with Crippen molar-refractivity contribution < 1.29 is 4.79 Å². The van der Waals surface area contributed by atoms with Gasteiger partial charge >= 0.3 is 0 Å². The molecule has 3 rings (SSSR count). The summed E-state index contributed by atoms with van der Waals surface area (Å²) in [5.41, 5.74) is 3.38. The van der Waals surface area contributed by atoms with Crippen LogP contribution in [0, 0.1) is 6.92 Å². The summed E-state index contributed by atoms with van der Waals surface area (Å²) in [4.78, 5) is 11.4. The third-order valence-corrected chi connectivity index (χ3v) is 4.65. The molecule has 0 aliphatic heterocycles. The second-order valence-corrected chi connectivity index (χ2v) is 6.37. The minimum Gasteiger partial charge on any atom is -0.326 e. The summed E-state index contributed by atoms with van der Waals surface area (Å²) in [6.45, 7) is 2.46. The van der Waals surface area contributed by atoms with Crippen LogP contribution in [0.5, 0.6) is 0 Å². The van der Waals surface area contributed by atoms with E-state index in [-0.39, 0.29) is 0 Å². The number of aryl methyl sites for hydroxylation is 1. The number of aromatic nitrogens is 1. The fraction of sp³-hybridized carbons (Fsp3) is 0.118. The number of benzene rings is 2. The predicted octanol–water partition coefficient (Wildman–Crippen LogP) is 5.77. The van der Waals surface area contributed by atoms with Crippen molar-refractivity contribution in [2.75, 3.05) is 0 Å². The summed E-state index contributed by atoms with van der Waals surface area (Å²) in [6, 6.07) is 11.3. The number of carbonyl (C=O) groups excluding carboxylic acids is 1. The average molecular weight is 353 g/mol. The van der Waals surface area contributed by atoms with Gasteiger partial charge in [0.05, 0.1) is 17.6 Å². The van der Waals surface area contributed by atoms with Gasteiger partial charge in [-0.05, 0) is 36.8 Å². The highest BCUT2D eigenvalue weighted by molar-refractivity contribution is 6.35. The van der Waals surface area contributed by atoms with Crippen LogP contribution in [0.1, 0.15) is 21.5 Å². The lowest BCUT2D eigenvalue weighted by atomic mass is 10.1. The number of carbonyl (C=O) groups is 1. The fourth-order valence-corrected chi connectivity index (χ4v) is 3.32. The molecule has 1 aromatic heterocycles.